The van der Waals surface area contributed by atoms with Gasteiger partial charge in [-0.05, 0) is 54.8 Å². The molecule has 2 aromatic carbocycles. The summed E-state index contributed by atoms with van der Waals surface area (Å²) >= 11 is 0. The van der Waals surface area contributed by atoms with Crippen LogP contribution in [0.4, 0.5) is 11.5 Å². The van der Waals surface area contributed by atoms with E-state index in [1.54, 1.807) is 31.5 Å². The molecule has 3 aromatic rings. The van der Waals surface area contributed by atoms with Crippen LogP contribution in [-0.4, -0.2) is 23.7 Å². The highest BCUT2D eigenvalue weighted by Crippen LogP contribution is 2.32. The van der Waals surface area contributed by atoms with Crippen LogP contribution < -0.4 is 10.1 Å². The minimum Gasteiger partial charge on any atom is -0.497 e. The van der Waals surface area contributed by atoms with Gasteiger partial charge in [-0.3, -0.25) is 9.59 Å². The number of carbonyl (C=O) groups is 2. The van der Waals surface area contributed by atoms with Gasteiger partial charge in [0.1, 0.15) is 11.6 Å². The van der Waals surface area contributed by atoms with Crippen molar-refractivity contribution in [1.82, 2.24) is 4.98 Å². The molecule has 0 bridgehead atoms. The zero-order chi connectivity index (χ0) is 19.5. The standard InChI is InChI=1S/C23H20N2O3/c1-28-17-11-9-15-10-12-18(22(27)20(15)14-17)21(26)19-8-5-13-24-23(19)25-16-6-3-2-4-7-16/h2-9,11,13-14,18H,10,12H2,1H3,(H,24,25). The summed E-state index contributed by atoms with van der Waals surface area (Å²) in [5.41, 5.74) is 2.80. The van der Waals surface area contributed by atoms with Crippen LogP contribution >= 0.6 is 0 Å². The molecule has 1 N–H and O–H groups in total. The fraction of sp³-hybridized carbons (Fsp3) is 0.174. The number of pyridine rings is 1. The number of nitrogens with zero attached hydrogens (tertiary/aromatic N) is 1. The number of methoxy groups -OCH3 is 1. The van der Waals surface area contributed by atoms with E-state index in [2.05, 4.69) is 10.3 Å². The maximum atomic E-state index is 13.3. The molecule has 1 aliphatic carbocycles. The van der Waals surface area contributed by atoms with Crippen LogP contribution in [0.1, 0.15) is 32.7 Å². The molecule has 1 aliphatic rings. The molecule has 1 aromatic heterocycles. The topological polar surface area (TPSA) is 68.3 Å². The van der Waals surface area contributed by atoms with E-state index in [1.807, 2.05) is 42.5 Å². The molecule has 0 saturated heterocycles. The van der Waals surface area contributed by atoms with Crippen LogP contribution in [0.15, 0.2) is 66.9 Å². The number of aryl methyl sites for hydroxylation is 1. The van der Waals surface area contributed by atoms with E-state index in [0.717, 1.165) is 11.3 Å². The van der Waals surface area contributed by atoms with Gasteiger partial charge in [0.15, 0.2) is 11.6 Å². The Morgan fingerprint density at radius 2 is 1.93 bits per heavy atom. The first-order valence-corrected chi connectivity index (χ1v) is 9.20. The monoisotopic (exact) mass is 372 g/mol. The molecule has 1 unspecified atom stereocenters. The third-order valence-corrected chi connectivity index (χ3v) is 5.03. The third kappa shape index (κ3) is 3.39. The van der Waals surface area contributed by atoms with Gasteiger partial charge < -0.3 is 10.1 Å². The van der Waals surface area contributed by atoms with Gasteiger partial charge in [-0.2, -0.15) is 0 Å². The van der Waals surface area contributed by atoms with Crippen LogP contribution in [0.25, 0.3) is 0 Å². The van der Waals surface area contributed by atoms with Gasteiger partial charge in [-0.15, -0.1) is 0 Å². The third-order valence-electron chi connectivity index (χ3n) is 5.03. The van der Waals surface area contributed by atoms with Crippen molar-refractivity contribution in [3.05, 3.63) is 83.6 Å². The van der Waals surface area contributed by atoms with Gasteiger partial charge >= 0.3 is 0 Å². The van der Waals surface area contributed by atoms with E-state index in [9.17, 15) is 9.59 Å². The van der Waals surface area contributed by atoms with Crippen LogP contribution in [-0.2, 0) is 6.42 Å². The van der Waals surface area contributed by atoms with Gasteiger partial charge in [0.25, 0.3) is 0 Å². The lowest BCUT2D eigenvalue weighted by molar-refractivity contribution is 0.0790. The van der Waals surface area contributed by atoms with Gasteiger partial charge in [-0.1, -0.05) is 24.3 Å². The Kier molecular flexibility index (Phi) is 4.89. The summed E-state index contributed by atoms with van der Waals surface area (Å²) in [5, 5.41) is 3.18. The molecule has 1 atom stereocenters. The van der Waals surface area contributed by atoms with Crippen molar-refractivity contribution in [2.24, 2.45) is 5.92 Å². The number of para-hydroxylation sites is 1. The second-order valence-corrected chi connectivity index (χ2v) is 6.73. The van der Waals surface area contributed by atoms with Crippen LogP contribution in [0.3, 0.4) is 0 Å². The lowest BCUT2D eigenvalue weighted by Crippen LogP contribution is -2.30. The molecule has 4 rings (SSSR count). The number of anilines is 2. The average molecular weight is 372 g/mol. The number of fused-ring (bicyclic) bond motifs is 1. The predicted octanol–water partition coefficient (Wildman–Crippen LogP) is 4.46. The lowest BCUT2D eigenvalue weighted by Gasteiger charge is -2.23. The Balaban J connectivity index is 1.64. The first-order chi connectivity index (χ1) is 13.7. The number of ketones is 2. The molecular formula is C23H20N2O3. The molecule has 28 heavy (non-hydrogen) atoms. The largest absolute Gasteiger partial charge is 0.497 e. The van der Waals surface area contributed by atoms with Crippen molar-refractivity contribution in [3.63, 3.8) is 0 Å². The molecule has 0 spiro atoms. The molecule has 0 amide bonds. The van der Waals surface area contributed by atoms with E-state index in [0.29, 0.717) is 35.5 Å². The number of nitrogens with one attached hydrogen (secondary N) is 1. The Bertz CT molecular complexity index is 1030. The quantitative estimate of drug-likeness (QED) is 0.529. The van der Waals surface area contributed by atoms with Crippen molar-refractivity contribution in [2.45, 2.75) is 12.8 Å². The smallest absolute Gasteiger partial charge is 0.177 e. The van der Waals surface area contributed by atoms with Crippen molar-refractivity contribution in [1.29, 1.82) is 0 Å². The molecule has 0 fully saturated rings. The normalized spacial score (nSPS) is 15.6. The molecular weight excluding hydrogens is 352 g/mol. The maximum absolute atomic E-state index is 13.3. The van der Waals surface area contributed by atoms with Crippen LogP contribution in [0, 0.1) is 5.92 Å². The first kappa shape index (κ1) is 17.9. The highest BCUT2D eigenvalue weighted by molar-refractivity contribution is 6.18. The minimum absolute atomic E-state index is 0.153. The molecule has 5 heteroatoms. The fourth-order valence-corrected chi connectivity index (χ4v) is 3.55. The Hall–Kier alpha value is -3.47. The summed E-state index contributed by atoms with van der Waals surface area (Å²) in [6, 6.07) is 18.4. The number of carbonyl (C=O) groups excluding carboxylic acids is 2. The average Bonchev–Trinajstić information content (AvgIpc) is 2.74. The number of benzene rings is 2. The van der Waals surface area contributed by atoms with E-state index < -0.39 is 5.92 Å². The van der Waals surface area contributed by atoms with Gasteiger partial charge in [0.2, 0.25) is 0 Å². The first-order valence-electron chi connectivity index (χ1n) is 9.20. The second kappa shape index (κ2) is 7.64. The number of hydrogen-bond acceptors (Lipinski definition) is 5. The number of hydrogen-bond donors (Lipinski definition) is 1. The Labute approximate surface area is 163 Å². The molecule has 0 saturated carbocycles. The number of rotatable bonds is 5. The number of ether oxygens (including phenoxy) is 1. The summed E-state index contributed by atoms with van der Waals surface area (Å²) in [6.45, 7) is 0. The van der Waals surface area contributed by atoms with Crippen molar-refractivity contribution in [2.75, 3.05) is 12.4 Å². The predicted molar refractivity (Wildman–Crippen MR) is 107 cm³/mol. The van der Waals surface area contributed by atoms with Crippen molar-refractivity contribution < 1.29 is 14.3 Å². The Morgan fingerprint density at radius 1 is 1.11 bits per heavy atom. The minimum atomic E-state index is -0.708. The summed E-state index contributed by atoms with van der Waals surface area (Å²) in [6.07, 6.45) is 2.81. The molecule has 0 aliphatic heterocycles. The van der Waals surface area contributed by atoms with E-state index >= 15 is 0 Å². The second-order valence-electron chi connectivity index (χ2n) is 6.73. The summed E-state index contributed by atoms with van der Waals surface area (Å²) in [4.78, 5) is 30.6. The van der Waals surface area contributed by atoms with Crippen molar-refractivity contribution >= 4 is 23.1 Å². The van der Waals surface area contributed by atoms with E-state index in [-0.39, 0.29) is 11.6 Å². The van der Waals surface area contributed by atoms with Crippen LogP contribution in [0.2, 0.25) is 0 Å². The van der Waals surface area contributed by atoms with Gasteiger partial charge in [-0.25, -0.2) is 4.98 Å². The van der Waals surface area contributed by atoms with Crippen LogP contribution in [0.5, 0.6) is 5.75 Å². The van der Waals surface area contributed by atoms with Crippen molar-refractivity contribution in [3.8, 4) is 5.75 Å². The number of Topliss-reactive ketones (excluding diaryl/α,β-unsaturated/α-hetero) is 2. The Morgan fingerprint density at radius 3 is 2.71 bits per heavy atom. The summed E-state index contributed by atoms with van der Waals surface area (Å²) < 4.78 is 5.24. The zero-order valence-electron chi connectivity index (χ0n) is 15.5. The SMILES string of the molecule is COc1ccc2c(c1)C(=O)C(C(=O)c1cccnc1Nc1ccccc1)CC2. The highest BCUT2D eigenvalue weighted by Gasteiger charge is 2.34. The molecule has 0 radical (unpaired) electrons. The van der Waals surface area contributed by atoms with E-state index in [1.165, 1.54) is 0 Å². The molecule has 1 heterocycles. The van der Waals surface area contributed by atoms with Gasteiger partial charge in [0.05, 0.1) is 18.6 Å². The fourth-order valence-electron chi connectivity index (χ4n) is 3.55. The number of aromatic nitrogens is 1. The zero-order valence-corrected chi connectivity index (χ0v) is 15.5. The summed E-state index contributed by atoms with van der Waals surface area (Å²) in [7, 11) is 1.56. The molecule has 5 nitrogen and oxygen atoms in total. The highest BCUT2D eigenvalue weighted by atomic mass is 16.5. The lowest BCUT2D eigenvalue weighted by atomic mass is 9.79. The van der Waals surface area contributed by atoms with E-state index in [4.69, 9.17) is 4.74 Å². The van der Waals surface area contributed by atoms with Gasteiger partial charge in [0, 0.05) is 17.4 Å². The maximum Gasteiger partial charge on any atom is 0.177 e. The molecule has 140 valence electrons. The summed E-state index contributed by atoms with van der Waals surface area (Å²) in [5.74, 6) is 0.0146.